The molecule has 3 heterocycles. The summed E-state index contributed by atoms with van der Waals surface area (Å²) in [4.78, 5) is 1.78. The third-order valence-corrected chi connectivity index (χ3v) is 9.27. The summed E-state index contributed by atoms with van der Waals surface area (Å²) in [5, 5.41) is 0. The predicted molar refractivity (Wildman–Crippen MR) is 111 cm³/mol. The summed E-state index contributed by atoms with van der Waals surface area (Å²) in [5.74, 6) is 1.32. The Kier molecular flexibility index (Phi) is 4.05. The molecule has 0 radical (unpaired) electrons. The van der Waals surface area contributed by atoms with E-state index in [0.717, 1.165) is 16.2 Å². The van der Waals surface area contributed by atoms with Gasteiger partial charge in [-0.1, -0.05) is 23.9 Å². The van der Waals surface area contributed by atoms with E-state index in [1.165, 1.54) is 6.07 Å². The first-order valence-electron chi connectivity index (χ1n) is 9.13. The summed E-state index contributed by atoms with van der Waals surface area (Å²) in [6.45, 7) is 0. The lowest BCUT2D eigenvalue weighted by Crippen LogP contribution is -2.12. The monoisotopic (exact) mass is 458 g/mol. The highest BCUT2D eigenvalue weighted by atomic mass is 32.2. The van der Waals surface area contributed by atoms with Gasteiger partial charge in [-0.15, -0.1) is 0 Å². The molecule has 0 aliphatic carbocycles. The molecule has 6 rings (SSSR count). The van der Waals surface area contributed by atoms with E-state index in [-0.39, 0.29) is 16.3 Å². The zero-order valence-electron chi connectivity index (χ0n) is 15.3. The van der Waals surface area contributed by atoms with Crippen LogP contribution in [0, 0.1) is 0 Å². The summed E-state index contributed by atoms with van der Waals surface area (Å²) < 4.78 is 54.6. The number of para-hydroxylation sites is 1. The van der Waals surface area contributed by atoms with Gasteiger partial charge in [-0.3, -0.25) is 0 Å². The van der Waals surface area contributed by atoms with Gasteiger partial charge in [-0.05, 0) is 48.5 Å². The van der Waals surface area contributed by atoms with Crippen LogP contribution in [0.1, 0.15) is 22.0 Å². The Balaban J connectivity index is 1.30. The molecule has 0 aromatic heterocycles. The average Bonchev–Trinajstić information content (AvgIpc) is 3.41. The number of fused-ring (bicyclic) bond motifs is 3. The molecule has 3 aliphatic rings. The molecule has 0 fully saturated rings. The van der Waals surface area contributed by atoms with E-state index in [1.807, 2.05) is 36.4 Å². The molecule has 3 atom stereocenters. The van der Waals surface area contributed by atoms with E-state index in [9.17, 15) is 13.0 Å². The molecule has 3 aromatic rings. The first-order valence-corrected chi connectivity index (χ1v) is 12.9. The average molecular weight is 459 g/mol. The molecule has 30 heavy (non-hydrogen) atoms. The summed E-state index contributed by atoms with van der Waals surface area (Å²) in [6.07, 6.45) is 0. The molecule has 0 saturated heterocycles. The van der Waals surface area contributed by atoms with Crippen molar-refractivity contribution in [3.05, 3.63) is 71.8 Å². The van der Waals surface area contributed by atoms with Crippen molar-refractivity contribution in [3.63, 3.8) is 0 Å². The Hall–Kier alpha value is -2.33. The maximum atomic E-state index is 13.0. The van der Waals surface area contributed by atoms with Crippen LogP contribution < -0.4 is 14.2 Å². The zero-order chi connectivity index (χ0) is 20.5. The van der Waals surface area contributed by atoms with Crippen LogP contribution in [0.25, 0.3) is 0 Å². The van der Waals surface area contributed by atoms with E-state index >= 15 is 0 Å². The minimum atomic E-state index is -3.48. The van der Waals surface area contributed by atoms with Crippen molar-refractivity contribution in [2.75, 3.05) is 5.94 Å². The topological polar surface area (TPSA) is 84.9 Å². The van der Waals surface area contributed by atoms with Gasteiger partial charge in [0.25, 0.3) is 5.44 Å². The molecule has 9 heteroatoms. The van der Waals surface area contributed by atoms with Crippen molar-refractivity contribution in [2.45, 2.75) is 25.6 Å². The molecule has 0 bridgehead atoms. The van der Waals surface area contributed by atoms with Crippen LogP contribution in [0.15, 0.2) is 75.4 Å². The number of sulfone groups is 1. The SMILES string of the molecule is O=S1(=O)COc2ccc(C3Oc4cc(C5Oc6ccccc6S5)ccc4[S+]3[O-])cc21. The third-order valence-electron chi connectivity index (χ3n) is 5.15. The molecule has 3 aliphatic heterocycles. The van der Waals surface area contributed by atoms with E-state index < -0.39 is 26.4 Å². The van der Waals surface area contributed by atoms with Crippen molar-refractivity contribution < 1.29 is 27.2 Å². The van der Waals surface area contributed by atoms with E-state index in [0.29, 0.717) is 22.0 Å². The fourth-order valence-corrected chi connectivity index (χ4v) is 7.21. The third kappa shape index (κ3) is 2.80. The molecule has 152 valence electrons. The molecule has 6 nitrogen and oxygen atoms in total. The minimum absolute atomic E-state index is 0.116. The summed E-state index contributed by atoms with van der Waals surface area (Å²) in [5.41, 5.74) is 0.479. The first-order chi connectivity index (χ1) is 14.5. The molecule has 0 saturated carbocycles. The van der Waals surface area contributed by atoms with Gasteiger partial charge in [0.1, 0.15) is 16.4 Å². The lowest BCUT2D eigenvalue weighted by Gasteiger charge is -2.13. The Morgan fingerprint density at radius 3 is 2.63 bits per heavy atom. The quantitative estimate of drug-likeness (QED) is 0.532. The maximum absolute atomic E-state index is 13.0. The highest BCUT2D eigenvalue weighted by Crippen LogP contribution is 2.51. The van der Waals surface area contributed by atoms with Crippen LogP contribution in [-0.4, -0.2) is 18.9 Å². The van der Waals surface area contributed by atoms with Gasteiger partial charge < -0.3 is 18.8 Å². The molecular weight excluding hydrogens is 444 g/mol. The molecular formula is C21H14O6S3. The van der Waals surface area contributed by atoms with Crippen LogP contribution in [0.2, 0.25) is 0 Å². The Morgan fingerprint density at radius 1 is 0.933 bits per heavy atom. The van der Waals surface area contributed by atoms with Crippen molar-refractivity contribution in [1.29, 1.82) is 0 Å². The van der Waals surface area contributed by atoms with Gasteiger partial charge in [0, 0.05) is 22.3 Å². The Labute approximate surface area is 180 Å². The standard InChI is InChI=1S/C21H14O6S3/c22-29-18-8-6-12(20-26-14-3-1-2-4-17(14)28-20)9-16(18)27-21(29)13-5-7-15-19(10-13)30(23,24)11-25-15/h1-10,20-21H,11H2. The Bertz CT molecular complexity index is 1260. The lowest BCUT2D eigenvalue weighted by molar-refractivity contribution is 0.286. The van der Waals surface area contributed by atoms with Gasteiger partial charge in [0.15, 0.2) is 22.0 Å². The normalized spacial score (nSPS) is 24.9. The number of ether oxygens (including phenoxy) is 3. The largest absolute Gasteiger partial charge is 0.608 e. The fraction of sp³-hybridized carbons (Fsp3) is 0.143. The van der Waals surface area contributed by atoms with Crippen LogP contribution in [0.3, 0.4) is 0 Å². The zero-order valence-corrected chi connectivity index (χ0v) is 17.8. The second-order valence-corrected chi connectivity index (χ2v) is 11.5. The lowest BCUT2D eigenvalue weighted by atomic mass is 10.2. The maximum Gasteiger partial charge on any atom is 0.286 e. The van der Waals surface area contributed by atoms with Crippen molar-refractivity contribution in [1.82, 2.24) is 0 Å². The molecule has 0 amide bonds. The summed E-state index contributed by atoms with van der Waals surface area (Å²) in [7, 11) is -3.48. The van der Waals surface area contributed by atoms with E-state index in [2.05, 4.69) is 0 Å². The smallest absolute Gasteiger partial charge is 0.286 e. The first kappa shape index (κ1) is 18.4. The second kappa shape index (κ2) is 6.58. The second-order valence-electron chi connectivity index (χ2n) is 7.05. The van der Waals surface area contributed by atoms with Crippen molar-refractivity contribution >= 4 is 32.8 Å². The van der Waals surface area contributed by atoms with Crippen molar-refractivity contribution in [3.8, 4) is 17.2 Å². The summed E-state index contributed by atoms with van der Waals surface area (Å²) in [6, 6.07) is 18.2. The molecule has 0 N–H and O–H groups in total. The Morgan fingerprint density at radius 2 is 1.77 bits per heavy atom. The number of thioether (sulfide) groups is 1. The van der Waals surface area contributed by atoms with Gasteiger partial charge >= 0.3 is 0 Å². The molecule has 0 spiro atoms. The number of hydrogen-bond donors (Lipinski definition) is 0. The number of hydrogen-bond acceptors (Lipinski definition) is 7. The van der Waals surface area contributed by atoms with Gasteiger partial charge in [-0.25, -0.2) is 8.42 Å². The van der Waals surface area contributed by atoms with E-state index in [1.54, 1.807) is 30.0 Å². The molecule has 3 aromatic carbocycles. The van der Waals surface area contributed by atoms with Crippen LogP contribution in [0.5, 0.6) is 17.2 Å². The molecule has 3 unspecified atom stereocenters. The van der Waals surface area contributed by atoms with E-state index in [4.69, 9.17) is 14.2 Å². The predicted octanol–water partition coefficient (Wildman–Crippen LogP) is 4.19. The van der Waals surface area contributed by atoms with Crippen molar-refractivity contribution in [2.24, 2.45) is 0 Å². The van der Waals surface area contributed by atoms with Gasteiger partial charge in [0.05, 0.1) is 4.90 Å². The minimum Gasteiger partial charge on any atom is -0.608 e. The highest BCUT2D eigenvalue weighted by molar-refractivity contribution is 7.99. The highest BCUT2D eigenvalue weighted by Gasteiger charge is 2.41. The van der Waals surface area contributed by atoms with Crippen LogP contribution in [-0.2, 0) is 21.0 Å². The van der Waals surface area contributed by atoms with Crippen LogP contribution in [0.4, 0.5) is 0 Å². The van der Waals surface area contributed by atoms with Gasteiger partial charge in [-0.2, -0.15) is 0 Å². The fourth-order valence-electron chi connectivity index (χ4n) is 3.67. The number of benzene rings is 3. The van der Waals surface area contributed by atoms with Gasteiger partial charge in [0.2, 0.25) is 9.84 Å². The van der Waals surface area contributed by atoms with Crippen LogP contribution >= 0.6 is 11.8 Å². The number of rotatable bonds is 2. The summed E-state index contributed by atoms with van der Waals surface area (Å²) >= 11 is 0.149.